The number of benzene rings is 1. The molecule has 0 bridgehead atoms. The lowest BCUT2D eigenvalue weighted by Gasteiger charge is -2.35. The largest absolute Gasteiger partial charge is 0.467 e. The number of unbranched alkanes of at least 4 members (excludes halogenated alkanes) is 1. The number of methoxy groups -OCH3 is 1. The molecule has 3 atom stereocenters. The van der Waals surface area contributed by atoms with Crippen LogP contribution in [-0.2, 0) is 35.1 Å². The second-order valence-corrected chi connectivity index (χ2v) is 11.4. The molecule has 0 spiro atoms. The summed E-state index contributed by atoms with van der Waals surface area (Å²) in [6.45, 7) is 12.8. The van der Waals surface area contributed by atoms with Crippen LogP contribution in [0.4, 0.5) is 4.79 Å². The molecule has 1 N–H and O–H groups in total. The van der Waals surface area contributed by atoms with E-state index in [1.807, 2.05) is 51.1 Å². The van der Waals surface area contributed by atoms with Crippen LogP contribution in [0.15, 0.2) is 30.3 Å². The highest BCUT2D eigenvalue weighted by atomic mass is 16.6. The van der Waals surface area contributed by atoms with Crippen molar-refractivity contribution in [3.8, 4) is 0 Å². The number of hydrogen-bond acceptors (Lipinski definition) is 7. The van der Waals surface area contributed by atoms with Crippen LogP contribution >= 0.6 is 0 Å². The number of amides is 2. The second-order valence-electron chi connectivity index (χ2n) is 11.4. The highest BCUT2D eigenvalue weighted by Crippen LogP contribution is 2.28. The maximum atomic E-state index is 13.6. The Morgan fingerprint density at radius 2 is 1.68 bits per heavy atom. The van der Waals surface area contributed by atoms with Crippen molar-refractivity contribution < 1.29 is 33.3 Å². The van der Waals surface area contributed by atoms with Crippen molar-refractivity contribution in [1.82, 2.24) is 10.2 Å². The van der Waals surface area contributed by atoms with E-state index in [-0.39, 0.29) is 18.6 Å². The molecule has 0 saturated carbocycles. The van der Waals surface area contributed by atoms with Gasteiger partial charge in [0.05, 0.1) is 19.8 Å². The molecule has 1 saturated heterocycles. The predicted octanol–water partition coefficient (Wildman–Crippen LogP) is 4.08. The van der Waals surface area contributed by atoms with Crippen molar-refractivity contribution >= 4 is 18.0 Å². The van der Waals surface area contributed by atoms with E-state index in [1.165, 1.54) is 12.0 Å². The maximum absolute atomic E-state index is 13.6. The van der Waals surface area contributed by atoms with E-state index in [0.29, 0.717) is 26.2 Å². The number of ether oxygens (including phenoxy) is 4. The van der Waals surface area contributed by atoms with E-state index in [2.05, 4.69) is 5.32 Å². The van der Waals surface area contributed by atoms with Gasteiger partial charge in [0.2, 0.25) is 5.91 Å². The Hall–Kier alpha value is -2.65. The molecule has 9 heteroatoms. The summed E-state index contributed by atoms with van der Waals surface area (Å²) in [5.41, 5.74) is -0.186. The van der Waals surface area contributed by atoms with Crippen molar-refractivity contribution in [3.05, 3.63) is 35.9 Å². The summed E-state index contributed by atoms with van der Waals surface area (Å²) >= 11 is 0. The number of nitrogens with one attached hydrogen (secondary N) is 1. The number of esters is 1. The molecule has 2 rings (SSSR count). The standard InChI is InChI=1S/C28H44N2O7/c1-27(2,3)23(29-26(33)37-28(4,5)6)24(31)30-18-21(17-22(30)25(32)34-7)36-16-12-11-15-35-19-20-13-9-8-10-14-20/h8-10,13-14,21-23H,11-12,15-19H2,1-7H3,(H,29,33). The van der Waals surface area contributed by atoms with Crippen LogP contribution in [0.5, 0.6) is 0 Å². The molecular weight excluding hydrogens is 476 g/mol. The lowest BCUT2D eigenvalue weighted by molar-refractivity contribution is -0.152. The van der Waals surface area contributed by atoms with Gasteiger partial charge >= 0.3 is 12.1 Å². The van der Waals surface area contributed by atoms with Gasteiger partial charge in [-0.25, -0.2) is 9.59 Å². The number of carbonyl (C=O) groups is 3. The number of alkyl carbamates (subject to hydrolysis) is 1. The minimum atomic E-state index is -0.894. The lowest BCUT2D eigenvalue weighted by Crippen LogP contribution is -2.57. The topological polar surface area (TPSA) is 103 Å². The monoisotopic (exact) mass is 520 g/mol. The van der Waals surface area contributed by atoms with Crippen LogP contribution < -0.4 is 5.32 Å². The first kappa shape index (κ1) is 30.6. The third-order valence-corrected chi connectivity index (χ3v) is 5.94. The molecular formula is C28H44N2O7. The van der Waals surface area contributed by atoms with E-state index < -0.39 is 35.2 Å². The Kier molecular flexibility index (Phi) is 11.4. The molecule has 0 aliphatic carbocycles. The molecule has 2 amide bonds. The zero-order chi connectivity index (χ0) is 27.6. The third kappa shape index (κ3) is 10.3. The summed E-state index contributed by atoms with van der Waals surface area (Å²) in [6, 6.07) is 8.34. The number of likely N-dealkylation sites (tertiary alicyclic amines) is 1. The van der Waals surface area contributed by atoms with Crippen molar-refractivity contribution in [2.45, 2.75) is 91.2 Å². The van der Waals surface area contributed by atoms with Crippen molar-refractivity contribution in [1.29, 1.82) is 0 Å². The van der Waals surface area contributed by atoms with Gasteiger partial charge in [0, 0.05) is 26.2 Å². The maximum Gasteiger partial charge on any atom is 0.408 e. The quantitative estimate of drug-likeness (QED) is 0.346. The first-order chi connectivity index (χ1) is 17.3. The molecule has 208 valence electrons. The molecule has 1 aromatic carbocycles. The summed E-state index contributed by atoms with van der Waals surface area (Å²) in [5.74, 6) is -0.868. The molecule has 9 nitrogen and oxygen atoms in total. The summed E-state index contributed by atoms with van der Waals surface area (Å²) in [5, 5.41) is 2.71. The van der Waals surface area contributed by atoms with Crippen LogP contribution in [-0.4, -0.2) is 73.5 Å². The van der Waals surface area contributed by atoms with Gasteiger partial charge in [0.25, 0.3) is 0 Å². The SMILES string of the molecule is COC(=O)C1CC(OCCCCOCc2ccccc2)CN1C(=O)C(NC(=O)OC(C)(C)C)C(C)(C)C. The summed E-state index contributed by atoms with van der Waals surface area (Å²) in [4.78, 5) is 40.1. The Morgan fingerprint density at radius 3 is 2.27 bits per heavy atom. The molecule has 0 radical (unpaired) electrons. The van der Waals surface area contributed by atoms with Crippen LogP contribution in [0, 0.1) is 5.41 Å². The lowest BCUT2D eigenvalue weighted by atomic mass is 9.85. The summed E-state index contributed by atoms with van der Waals surface area (Å²) < 4.78 is 22.1. The van der Waals surface area contributed by atoms with E-state index in [0.717, 1.165) is 18.4 Å². The van der Waals surface area contributed by atoms with E-state index in [9.17, 15) is 14.4 Å². The van der Waals surface area contributed by atoms with Crippen molar-refractivity contribution in [2.75, 3.05) is 26.9 Å². The molecule has 1 fully saturated rings. The average Bonchev–Trinajstić information content (AvgIpc) is 3.24. The Bertz CT molecular complexity index is 877. The fourth-order valence-corrected chi connectivity index (χ4v) is 4.08. The average molecular weight is 521 g/mol. The molecule has 1 aliphatic heterocycles. The van der Waals surface area contributed by atoms with Crippen LogP contribution in [0.25, 0.3) is 0 Å². The smallest absolute Gasteiger partial charge is 0.408 e. The third-order valence-electron chi connectivity index (χ3n) is 5.94. The minimum absolute atomic E-state index is 0.242. The fraction of sp³-hybridized carbons (Fsp3) is 0.679. The summed E-state index contributed by atoms with van der Waals surface area (Å²) in [7, 11) is 1.30. The Morgan fingerprint density at radius 1 is 1.03 bits per heavy atom. The zero-order valence-electron chi connectivity index (χ0n) is 23.4. The Balaban J connectivity index is 1.91. The fourth-order valence-electron chi connectivity index (χ4n) is 4.08. The number of hydrogen-bond donors (Lipinski definition) is 1. The zero-order valence-corrected chi connectivity index (χ0v) is 23.4. The number of nitrogens with zero attached hydrogens (tertiary/aromatic N) is 1. The van der Waals surface area contributed by atoms with Crippen LogP contribution in [0.1, 0.15) is 66.4 Å². The normalized spacial score (nSPS) is 18.8. The second kappa shape index (κ2) is 13.8. The molecule has 1 heterocycles. The number of carbonyl (C=O) groups excluding carboxylic acids is 3. The summed E-state index contributed by atoms with van der Waals surface area (Å²) in [6.07, 6.45) is 0.991. The predicted molar refractivity (Wildman–Crippen MR) is 140 cm³/mol. The van der Waals surface area contributed by atoms with Gasteiger partial charge < -0.3 is 29.2 Å². The molecule has 1 aliphatic rings. The highest BCUT2D eigenvalue weighted by Gasteiger charge is 2.46. The first-order valence-electron chi connectivity index (χ1n) is 12.9. The van der Waals surface area contributed by atoms with E-state index in [4.69, 9.17) is 18.9 Å². The van der Waals surface area contributed by atoms with Crippen LogP contribution in [0.2, 0.25) is 0 Å². The first-order valence-corrected chi connectivity index (χ1v) is 12.9. The van der Waals surface area contributed by atoms with Gasteiger partial charge in [-0.3, -0.25) is 4.79 Å². The van der Waals surface area contributed by atoms with Gasteiger partial charge in [0.15, 0.2) is 0 Å². The van der Waals surface area contributed by atoms with Gasteiger partial charge in [-0.2, -0.15) is 0 Å². The minimum Gasteiger partial charge on any atom is -0.467 e. The van der Waals surface area contributed by atoms with Crippen molar-refractivity contribution in [2.24, 2.45) is 5.41 Å². The Labute approximate surface area is 221 Å². The van der Waals surface area contributed by atoms with Gasteiger partial charge in [-0.05, 0) is 44.6 Å². The van der Waals surface area contributed by atoms with Gasteiger partial charge in [0.1, 0.15) is 17.7 Å². The molecule has 1 aromatic rings. The molecule has 37 heavy (non-hydrogen) atoms. The molecule has 0 aromatic heterocycles. The van der Waals surface area contributed by atoms with E-state index in [1.54, 1.807) is 20.8 Å². The van der Waals surface area contributed by atoms with E-state index >= 15 is 0 Å². The highest BCUT2D eigenvalue weighted by molar-refractivity contribution is 5.91. The van der Waals surface area contributed by atoms with Gasteiger partial charge in [-0.15, -0.1) is 0 Å². The van der Waals surface area contributed by atoms with Crippen LogP contribution in [0.3, 0.4) is 0 Å². The van der Waals surface area contributed by atoms with Crippen molar-refractivity contribution in [3.63, 3.8) is 0 Å². The molecule has 3 unspecified atom stereocenters. The van der Waals surface area contributed by atoms with Gasteiger partial charge in [-0.1, -0.05) is 51.1 Å². The number of rotatable bonds is 11.